The van der Waals surface area contributed by atoms with Gasteiger partial charge in [-0.2, -0.15) is 0 Å². The third-order valence-corrected chi connectivity index (χ3v) is 3.77. The van der Waals surface area contributed by atoms with Gasteiger partial charge in [-0.3, -0.25) is 4.79 Å². The van der Waals surface area contributed by atoms with E-state index in [1.54, 1.807) is 18.7 Å². The van der Waals surface area contributed by atoms with Crippen molar-refractivity contribution in [1.82, 2.24) is 4.90 Å². The number of aliphatic hydroxyl groups is 1. The molecule has 1 rings (SSSR count). The Labute approximate surface area is 117 Å². The van der Waals surface area contributed by atoms with E-state index in [1.807, 2.05) is 6.92 Å². The van der Waals surface area contributed by atoms with E-state index in [1.165, 1.54) is 19.3 Å². The van der Waals surface area contributed by atoms with Crippen LogP contribution < -0.4 is 0 Å². The molecule has 1 saturated carbocycles. The van der Waals surface area contributed by atoms with Crippen LogP contribution in [-0.4, -0.2) is 47.3 Å². The van der Waals surface area contributed by atoms with Crippen molar-refractivity contribution in [3.63, 3.8) is 0 Å². The van der Waals surface area contributed by atoms with E-state index < -0.39 is 5.60 Å². The molecule has 19 heavy (non-hydrogen) atoms. The smallest absolute Gasteiger partial charge is 0.248 e. The number of hydrogen-bond donors (Lipinski definition) is 1. The summed E-state index contributed by atoms with van der Waals surface area (Å²) < 4.78 is 5.78. The summed E-state index contributed by atoms with van der Waals surface area (Å²) in [5.74, 6) is 0.522. The monoisotopic (exact) mass is 271 g/mol. The quantitative estimate of drug-likeness (QED) is 0.805. The molecule has 0 aromatic rings. The molecule has 1 N–H and O–H groups in total. The molecule has 0 heterocycles. The second-order valence-corrected chi connectivity index (χ2v) is 6.33. The van der Waals surface area contributed by atoms with Gasteiger partial charge in [0.1, 0.15) is 6.61 Å². The molecule has 2 unspecified atom stereocenters. The summed E-state index contributed by atoms with van der Waals surface area (Å²) in [6.07, 6.45) is 4.95. The van der Waals surface area contributed by atoms with Gasteiger partial charge in [0.05, 0.1) is 11.7 Å². The number of hydrogen-bond acceptors (Lipinski definition) is 3. The van der Waals surface area contributed by atoms with Crippen LogP contribution in [0.4, 0.5) is 0 Å². The second-order valence-electron chi connectivity index (χ2n) is 6.33. The van der Waals surface area contributed by atoms with Crippen molar-refractivity contribution >= 4 is 5.91 Å². The highest BCUT2D eigenvalue weighted by Gasteiger charge is 2.25. The molecule has 1 fully saturated rings. The lowest BCUT2D eigenvalue weighted by molar-refractivity contribution is -0.142. The predicted molar refractivity (Wildman–Crippen MR) is 75.9 cm³/mol. The standard InChI is InChI=1S/C15H29NO3/c1-5-16(11-15(3,4)18)14(17)10-19-13-9-7-6-8-12(13)2/h12-13,18H,5-11H2,1-4H3. The van der Waals surface area contributed by atoms with Crippen LogP contribution in [0.25, 0.3) is 0 Å². The number of carbonyl (C=O) groups excluding carboxylic acids is 1. The molecule has 2 atom stereocenters. The molecular formula is C15H29NO3. The molecule has 1 amide bonds. The van der Waals surface area contributed by atoms with Crippen LogP contribution in [0, 0.1) is 5.92 Å². The maximum Gasteiger partial charge on any atom is 0.248 e. The first-order valence-electron chi connectivity index (χ1n) is 7.45. The van der Waals surface area contributed by atoms with E-state index in [0.29, 0.717) is 19.0 Å². The first-order chi connectivity index (χ1) is 8.83. The minimum atomic E-state index is -0.857. The highest BCUT2D eigenvalue weighted by atomic mass is 16.5. The van der Waals surface area contributed by atoms with E-state index in [2.05, 4.69) is 6.92 Å². The van der Waals surface area contributed by atoms with Crippen LogP contribution in [0.15, 0.2) is 0 Å². The Morgan fingerprint density at radius 2 is 2.00 bits per heavy atom. The highest BCUT2D eigenvalue weighted by Crippen LogP contribution is 2.26. The number of carbonyl (C=O) groups is 1. The van der Waals surface area contributed by atoms with Gasteiger partial charge >= 0.3 is 0 Å². The van der Waals surface area contributed by atoms with Gasteiger partial charge in [-0.05, 0) is 39.5 Å². The Morgan fingerprint density at radius 1 is 1.37 bits per heavy atom. The lowest BCUT2D eigenvalue weighted by atomic mass is 9.88. The molecule has 4 heteroatoms. The topological polar surface area (TPSA) is 49.8 Å². The maximum absolute atomic E-state index is 12.1. The predicted octanol–water partition coefficient (Wildman–Crippen LogP) is 2.20. The minimum Gasteiger partial charge on any atom is -0.389 e. The van der Waals surface area contributed by atoms with E-state index in [9.17, 15) is 9.90 Å². The van der Waals surface area contributed by atoms with Gasteiger partial charge in [0.25, 0.3) is 0 Å². The Hall–Kier alpha value is -0.610. The van der Waals surface area contributed by atoms with Crippen molar-refractivity contribution in [3.05, 3.63) is 0 Å². The van der Waals surface area contributed by atoms with Gasteiger partial charge in [0.2, 0.25) is 5.91 Å². The molecule has 0 aromatic heterocycles. The summed E-state index contributed by atoms with van der Waals surface area (Å²) in [5.41, 5.74) is -0.857. The lowest BCUT2D eigenvalue weighted by Gasteiger charge is -2.31. The normalized spacial score (nSPS) is 24.3. The summed E-state index contributed by atoms with van der Waals surface area (Å²) in [4.78, 5) is 13.8. The van der Waals surface area contributed by atoms with E-state index in [4.69, 9.17) is 4.74 Å². The maximum atomic E-state index is 12.1. The Morgan fingerprint density at radius 3 is 2.53 bits per heavy atom. The van der Waals surface area contributed by atoms with Crippen LogP contribution in [0.5, 0.6) is 0 Å². The van der Waals surface area contributed by atoms with Crippen molar-refractivity contribution in [1.29, 1.82) is 0 Å². The molecule has 0 saturated heterocycles. The van der Waals surface area contributed by atoms with Crippen LogP contribution in [0.2, 0.25) is 0 Å². The molecule has 0 spiro atoms. The van der Waals surface area contributed by atoms with Crippen LogP contribution in [0.3, 0.4) is 0 Å². The van der Waals surface area contributed by atoms with Gasteiger partial charge in [-0.1, -0.05) is 19.8 Å². The molecule has 0 bridgehead atoms. The van der Waals surface area contributed by atoms with Gasteiger partial charge in [0.15, 0.2) is 0 Å². The van der Waals surface area contributed by atoms with Gasteiger partial charge in [0, 0.05) is 13.1 Å². The SMILES string of the molecule is CCN(CC(C)(C)O)C(=O)COC1CCCCC1C. The molecule has 1 aliphatic rings. The highest BCUT2D eigenvalue weighted by molar-refractivity contribution is 5.77. The summed E-state index contributed by atoms with van der Waals surface area (Å²) in [5, 5.41) is 9.79. The Bertz CT molecular complexity index is 286. The minimum absolute atomic E-state index is 0.0256. The summed E-state index contributed by atoms with van der Waals surface area (Å²) in [6, 6.07) is 0. The number of likely N-dealkylation sites (N-methyl/N-ethyl adjacent to an activating group) is 1. The molecule has 0 radical (unpaired) electrons. The number of rotatable bonds is 6. The van der Waals surface area contributed by atoms with Gasteiger partial charge < -0.3 is 14.7 Å². The second kappa shape index (κ2) is 7.25. The fraction of sp³-hybridized carbons (Fsp3) is 0.933. The Balaban J connectivity index is 2.40. The largest absolute Gasteiger partial charge is 0.389 e. The van der Waals surface area contributed by atoms with Crippen LogP contribution >= 0.6 is 0 Å². The summed E-state index contributed by atoms with van der Waals surface area (Å²) >= 11 is 0. The lowest BCUT2D eigenvalue weighted by Crippen LogP contribution is -2.44. The van der Waals surface area contributed by atoms with E-state index >= 15 is 0 Å². The zero-order valence-corrected chi connectivity index (χ0v) is 12.8. The first kappa shape index (κ1) is 16.4. The number of amides is 1. The molecule has 1 aliphatic carbocycles. The van der Waals surface area contributed by atoms with Gasteiger partial charge in [-0.25, -0.2) is 0 Å². The average Bonchev–Trinajstić information content (AvgIpc) is 2.33. The van der Waals surface area contributed by atoms with Crippen molar-refractivity contribution in [2.45, 2.75) is 65.1 Å². The first-order valence-corrected chi connectivity index (χ1v) is 7.45. The molecule has 0 aliphatic heterocycles. The molecule has 4 nitrogen and oxygen atoms in total. The summed E-state index contributed by atoms with van der Waals surface area (Å²) in [7, 11) is 0. The third kappa shape index (κ3) is 5.91. The van der Waals surface area contributed by atoms with Crippen LogP contribution in [0.1, 0.15) is 53.4 Å². The molecule has 112 valence electrons. The van der Waals surface area contributed by atoms with E-state index in [-0.39, 0.29) is 18.6 Å². The molecule has 0 aromatic carbocycles. The third-order valence-electron chi connectivity index (χ3n) is 3.77. The van der Waals surface area contributed by atoms with Crippen molar-refractivity contribution < 1.29 is 14.6 Å². The number of ether oxygens (including phenoxy) is 1. The number of nitrogens with zero attached hydrogens (tertiary/aromatic N) is 1. The van der Waals surface area contributed by atoms with Crippen molar-refractivity contribution in [3.8, 4) is 0 Å². The van der Waals surface area contributed by atoms with Gasteiger partial charge in [-0.15, -0.1) is 0 Å². The Kier molecular flexibility index (Phi) is 6.27. The average molecular weight is 271 g/mol. The molecular weight excluding hydrogens is 242 g/mol. The fourth-order valence-electron chi connectivity index (χ4n) is 2.64. The zero-order chi connectivity index (χ0) is 14.5. The van der Waals surface area contributed by atoms with E-state index in [0.717, 1.165) is 6.42 Å². The zero-order valence-electron chi connectivity index (χ0n) is 12.8. The fourth-order valence-corrected chi connectivity index (χ4v) is 2.64. The van der Waals surface area contributed by atoms with Crippen LogP contribution in [-0.2, 0) is 9.53 Å². The summed E-state index contributed by atoms with van der Waals surface area (Å²) in [6.45, 7) is 8.65. The van der Waals surface area contributed by atoms with Crippen molar-refractivity contribution in [2.24, 2.45) is 5.92 Å². The van der Waals surface area contributed by atoms with Crippen molar-refractivity contribution in [2.75, 3.05) is 19.7 Å².